The molecule has 4 atom stereocenters. The third-order valence-electron chi connectivity index (χ3n) is 5.08. The van der Waals surface area contributed by atoms with Crippen LogP contribution in [0.1, 0.15) is 64.6 Å². The van der Waals surface area contributed by atoms with Crippen molar-refractivity contribution in [3.8, 4) is 0 Å². The van der Waals surface area contributed by atoms with E-state index >= 15 is 0 Å². The second kappa shape index (κ2) is 7.23. The molecule has 0 aromatic carbocycles. The molecular formula is C16H30N4. The molecule has 114 valence electrons. The van der Waals surface area contributed by atoms with Gasteiger partial charge in [0.1, 0.15) is 0 Å². The molecule has 1 fully saturated rings. The topological polar surface area (TPSA) is 55.9 Å². The summed E-state index contributed by atoms with van der Waals surface area (Å²) in [6.07, 6.45) is 9.44. The van der Waals surface area contributed by atoms with E-state index in [-0.39, 0.29) is 0 Å². The summed E-state index contributed by atoms with van der Waals surface area (Å²) in [5.41, 5.74) is 4.20. The first-order chi connectivity index (χ1) is 9.67. The van der Waals surface area contributed by atoms with Gasteiger partial charge in [-0.2, -0.15) is 5.10 Å². The molecule has 0 bridgehead atoms. The Balaban J connectivity index is 1.94. The van der Waals surface area contributed by atoms with Gasteiger partial charge in [0.05, 0.1) is 5.69 Å². The lowest BCUT2D eigenvalue weighted by atomic mass is 9.93. The molecule has 4 unspecified atom stereocenters. The third-order valence-corrected chi connectivity index (χ3v) is 5.08. The van der Waals surface area contributed by atoms with Gasteiger partial charge in [-0.25, -0.2) is 0 Å². The Morgan fingerprint density at radius 1 is 1.45 bits per heavy atom. The normalized spacial score (nSPS) is 25.8. The van der Waals surface area contributed by atoms with Crippen LogP contribution in [-0.2, 0) is 6.42 Å². The van der Waals surface area contributed by atoms with Crippen LogP contribution in [0.5, 0.6) is 0 Å². The van der Waals surface area contributed by atoms with Crippen molar-refractivity contribution >= 4 is 0 Å². The number of hydrogen-bond donors (Lipinski definition) is 2. The molecule has 1 aromatic heterocycles. The second-order valence-corrected chi connectivity index (χ2v) is 6.37. The number of aromatic nitrogens is 2. The Morgan fingerprint density at radius 2 is 2.25 bits per heavy atom. The highest BCUT2D eigenvalue weighted by Crippen LogP contribution is 2.35. The SMILES string of the molecule is CCC1CCC(C(Cc2ccn(C(C)CC)n2)NN)C1. The number of nitrogens with one attached hydrogen (secondary N) is 1. The Morgan fingerprint density at radius 3 is 2.85 bits per heavy atom. The van der Waals surface area contributed by atoms with Crippen LogP contribution in [0.3, 0.4) is 0 Å². The van der Waals surface area contributed by atoms with Crippen LogP contribution in [-0.4, -0.2) is 15.8 Å². The molecule has 4 nitrogen and oxygen atoms in total. The Kier molecular flexibility index (Phi) is 5.61. The predicted octanol–water partition coefficient (Wildman–Crippen LogP) is 3.05. The van der Waals surface area contributed by atoms with Crippen LogP contribution in [0.4, 0.5) is 0 Å². The molecular weight excluding hydrogens is 248 g/mol. The van der Waals surface area contributed by atoms with Gasteiger partial charge in [-0.15, -0.1) is 0 Å². The van der Waals surface area contributed by atoms with Gasteiger partial charge in [0.15, 0.2) is 0 Å². The monoisotopic (exact) mass is 278 g/mol. The molecule has 4 heteroatoms. The Hall–Kier alpha value is -0.870. The van der Waals surface area contributed by atoms with Crippen molar-refractivity contribution in [1.29, 1.82) is 0 Å². The maximum atomic E-state index is 5.80. The second-order valence-electron chi connectivity index (χ2n) is 6.37. The number of nitrogens with zero attached hydrogens (tertiary/aromatic N) is 2. The van der Waals surface area contributed by atoms with Crippen molar-refractivity contribution in [2.75, 3.05) is 0 Å². The van der Waals surface area contributed by atoms with Gasteiger partial charge in [0, 0.05) is 24.7 Å². The van der Waals surface area contributed by atoms with Crippen LogP contribution in [0.25, 0.3) is 0 Å². The number of hydrazine groups is 1. The van der Waals surface area contributed by atoms with E-state index in [1.807, 2.05) is 0 Å². The fraction of sp³-hybridized carbons (Fsp3) is 0.812. The molecule has 1 aliphatic rings. The van der Waals surface area contributed by atoms with Gasteiger partial charge in [0.25, 0.3) is 0 Å². The zero-order chi connectivity index (χ0) is 14.5. The lowest BCUT2D eigenvalue weighted by molar-refractivity contribution is 0.344. The van der Waals surface area contributed by atoms with Crippen LogP contribution >= 0.6 is 0 Å². The van der Waals surface area contributed by atoms with E-state index < -0.39 is 0 Å². The van der Waals surface area contributed by atoms with Gasteiger partial charge in [-0.05, 0) is 44.1 Å². The molecule has 1 aromatic rings. The summed E-state index contributed by atoms with van der Waals surface area (Å²) < 4.78 is 2.08. The average Bonchev–Trinajstić information content (AvgIpc) is 3.12. The molecule has 0 amide bonds. The fourth-order valence-electron chi connectivity index (χ4n) is 3.36. The standard InChI is InChI=1S/C16H30N4/c1-4-12(3)20-9-8-15(19-20)11-16(18-17)14-7-6-13(5-2)10-14/h8-9,12-14,16,18H,4-7,10-11,17H2,1-3H3. The highest BCUT2D eigenvalue weighted by Gasteiger charge is 2.29. The van der Waals surface area contributed by atoms with Crippen LogP contribution in [0, 0.1) is 11.8 Å². The maximum absolute atomic E-state index is 5.80. The molecule has 2 rings (SSSR count). The quantitative estimate of drug-likeness (QED) is 0.595. The third kappa shape index (κ3) is 3.61. The minimum atomic E-state index is 0.367. The lowest BCUT2D eigenvalue weighted by Gasteiger charge is -2.22. The smallest absolute Gasteiger partial charge is 0.0640 e. The minimum absolute atomic E-state index is 0.367. The van der Waals surface area contributed by atoms with Crippen molar-refractivity contribution in [3.05, 3.63) is 18.0 Å². The Labute approximate surface area is 123 Å². The van der Waals surface area contributed by atoms with E-state index in [0.29, 0.717) is 18.0 Å². The van der Waals surface area contributed by atoms with Crippen LogP contribution in [0.2, 0.25) is 0 Å². The predicted molar refractivity (Wildman–Crippen MR) is 83.2 cm³/mol. The maximum Gasteiger partial charge on any atom is 0.0640 e. The molecule has 0 radical (unpaired) electrons. The van der Waals surface area contributed by atoms with Crippen molar-refractivity contribution in [2.45, 2.75) is 71.4 Å². The van der Waals surface area contributed by atoms with E-state index in [9.17, 15) is 0 Å². The molecule has 1 aliphatic carbocycles. The van der Waals surface area contributed by atoms with E-state index in [4.69, 9.17) is 10.9 Å². The number of nitrogens with two attached hydrogens (primary N) is 1. The summed E-state index contributed by atoms with van der Waals surface area (Å²) in [4.78, 5) is 0. The van der Waals surface area contributed by atoms with Gasteiger partial charge in [-0.1, -0.05) is 26.7 Å². The van der Waals surface area contributed by atoms with Crippen molar-refractivity contribution in [3.63, 3.8) is 0 Å². The van der Waals surface area contributed by atoms with Crippen molar-refractivity contribution in [2.24, 2.45) is 17.7 Å². The highest BCUT2D eigenvalue weighted by molar-refractivity contribution is 5.03. The molecule has 3 N–H and O–H groups in total. The fourth-order valence-corrected chi connectivity index (χ4v) is 3.36. The number of rotatable bonds is 7. The summed E-state index contributed by atoms with van der Waals surface area (Å²) in [5, 5.41) is 4.70. The van der Waals surface area contributed by atoms with Crippen molar-refractivity contribution in [1.82, 2.24) is 15.2 Å². The molecule has 1 saturated carbocycles. The minimum Gasteiger partial charge on any atom is -0.271 e. The zero-order valence-corrected chi connectivity index (χ0v) is 13.2. The molecule has 0 saturated heterocycles. The highest BCUT2D eigenvalue weighted by atomic mass is 15.3. The summed E-state index contributed by atoms with van der Waals surface area (Å²) in [5.74, 6) is 7.40. The van der Waals surface area contributed by atoms with Crippen molar-refractivity contribution < 1.29 is 0 Å². The zero-order valence-electron chi connectivity index (χ0n) is 13.2. The summed E-state index contributed by atoms with van der Waals surface area (Å²) >= 11 is 0. The van der Waals surface area contributed by atoms with Crippen LogP contribution in [0.15, 0.2) is 12.3 Å². The van der Waals surface area contributed by atoms with E-state index in [2.05, 4.69) is 43.1 Å². The Bertz CT molecular complexity index is 401. The summed E-state index contributed by atoms with van der Waals surface area (Å²) in [6, 6.07) is 2.98. The molecule has 1 heterocycles. The van der Waals surface area contributed by atoms with Gasteiger partial charge < -0.3 is 0 Å². The molecule has 20 heavy (non-hydrogen) atoms. The van der Waals surface area contributed by atoms with Crippen LogP contribution < -0.4 is 11.3 Å². The molecule has 0 spiro atoms. The van der Waals surface area contributed by atoms with Gasteiger partial charge >= 0.3 is 0 Å². The first kappa shape index (κ1) is 15.5. The van der Waals surface area contributed by atoms with E-state index in [1.54, 1.807) is 0 Å². The average molecular weight is 278 g/mol. The van der Waals surface area contributed by atoms with E-state index in [0.717, 1.165) is 24.5 Å². The first-order valence-corrected chi connectivity index (χ1v) is 8.18. The van der Waals surface area contributed by atoms with E-state index in [1.165, 1.54) is 25.7 Å². The number of hydrogen-bond acceptors (Lipinski definition) is 3. The largest absolute Gasteiger partial charge is 0.271 e. The lowest BCUT2D eigenvalue weighted by Crippen LogP contribution is -2.41. The van der Waals surface area contributed by atoms with Gasteiger partial charge in [0.2, 0.25) is 0 Å². The molecule has 0 aliphatic heterocycles. The van der Waals surface area contributed by atoms with Gasteiger partial charge in [-0.3, -0.25) is 16.0 Å². The summed E-state index contributed by atoms with van der Waals surface area (Å²) in [7, 11) is 0. The first-order valence-electron chi connectivity index (χ1n) is 8.18. The summed E-state index contributed by atoms with van der Waals surface area (Å²) in [6.45, 7) is 6.70.